The van der Waals surface area contributed by atoms with E-state index < -0.39 is 12.1 Å². The monoisotopic (exact) mass is 280 g/mol. The van der Waals surface area contributed by atoms with Crippen molar-refractivity contribution in [3.05, 3.63) is 29.1 Å². The van der Waals surface area contributed by atoms with Gasteiger partial charge in [-0.1, -0.05) is 6.07 Å². The van der Waals surface area contributed by atoms with E-state index in [2.05, 4.69) is 36.8 Å². The lowest BCUT2D eigenvalue weighted by atomic mass is 10.0. The first-order chi connectivity index (χ1) is 9.32. The maximum absolute atomic E-state index is 9.45. The standard InChI is InChI=1S/C12H18N2.C3H6O3/c1-9-7-11(10(2)13-8-9)12-5-4-6-14(12)3;1-2(4)3(5)6/h7-8,12H,4-6H2,1-3H3;2,4H,1H3,(H,5,6)/t12-;2-/m00/s1. The van der Waals surface area contributed by atoms with Gasteiger partial charge in [0.2, 0.25) is 0 Å². The summed E-state index contributed by atoms with van der Waals surface area (Å²) in [5, 5.41) is 15.8. The van der Waals surface area contributed by atoms with E-state index in [9.17, 15) is 4.79 Å². The molecule has 2 heterocycles. The van der Waals surface area contributed by atoms with Crippen molar-refractivity contribution in [2.24, 2.45) is 0 Å². The van der Waals surface area contributed by atoms with Crippen LogP contribution in [0.25, 0.3) is 0 Å². The van der Waals surface area contributed by atoms with Crippen LogP contribution in [-0.4, -0.2) is 45.8 Å². The molecule has 1 aromatic heterocycles. The van der Waals surface area contributed by atoms with Gasteiger partial charge in [0.15, 0.2) is 0 Å². The lowest BCUT2D eigenvalue weighted by Gasteiger charge is -2.21. The van der Waals surface area contributed by atoms with E-state index in [4.69, 9.17) is 10.2 Å². The average molecular weight is 280 g/mol. The SMILES string of the molecule is C[C@H](O)C(=O)O.Cc1cnc(C)c([C@@H]2CCCN2C)c1. The maximum atomic E-state index is 9.45. The van der Waals surface area contributed by atoms with Crippen LogP contribution < -0.4 is 0 Å². The highest BCUT2D eigenvalue weighted by atomic mass is 16.4. The fraction of sp³-hybridized carbons (Fsp3) is 0.600. The first-order valence-electron chi connectivity index (χ1n) is 6.87. The van der Waals surface area contributed by atoms with Crippen LogP contribution in [0.3, 0.4) is 0 Å². The van der Waals surface area contributed by atoms with Crippen molar-refractivity contribution in [1.29, 1.82) is 0 Å². The summed E-state index contributed by atoms with van der Waals surface area (Å²) in [6.07, 6.45) is 3.31. The van der Waals surface area contributed by atoms with E-state index >= 15 is 0 Å². The molecule has 1 aromatic rings. The molecule has 112 valence electrons. The number of hydrogen-bond acceptors (Lipinski definition) is 4. The Morgan fingerprint density at radius 2 is 2.10 bits per heavy atom. The summed E-state index contributed by atoms with van der Waals surface area (Å²) in [5.41, 5.74) is 3.88. The second-order valence-electron chi connectivity index (χ2n) is 5.34. The Bertz CT molecular complexity index is 460. The number of aryl methyl sites for hydroxylation is 2. The van der Waals surface area contributed by atoms with Gasteiger partial charge < -0.3 is 10.2 Å². The van der Waals surface area contributed by atoms with Gasteiger partial charge in [0, 0.05) is 17.9 Å². The lowest BCUT2D eigenvalue weighted by Crippen LogP contribution is -2.18. The van der Waals surface area contributed by atoms with Crippen LogP contribution in [0.2, 0.25) is 0 Å². The topological polar surface area (TPSA) is 73.7 Å². The average Bonchev–Trinajstić information content (AvgIpc) is 2.79. The number of aliphatic hydroxyl groups excluding tert-OH is 1. The number of aliphatic carboxylic acids is 1. The number of pyridine rings is 1. The third-order valence-corrected chi connectivity index (χ3v) is 3.50. The molecule has 1 saturated heterocycles. The molecule has 2 N–H and O–H groups in total. The van der Waals surface area contributed by atoms with Crippen LogP contribution in [0, 0.1) is 13.8 Å². The Hall–Kier alpha value is -1.46. The number of carboxylic acid groups (broad SMARTS) is 1. The van der Waals surface area contributed by atoms with Crippen molar-refractivity contribution in [3.63, 3.8) is 0 Å². The van der Waals surface area contributed by atoms with Gasteiger partial charge in [0.05, 0.1) is 0 Å². The summed E-state index contributed by atoms with van der Waals surface area (Å²) < 4.78 is 0. The Morgan fingerprint density at radius 1 is 1.50 bits per heavy atom. The van der Waals surface area contributed by atoms with Gasteiger partial charge in [-0.25, -0.2) is 4.79 Å². The van der Waals surface area contributed by atoms with E-state index in [-0.39, 0.29) is 0 Å². The molecule has 0 unspecified atom stereocenters. The highest BCUT2D eigenvalue weighted by molar-refractivity contribution is 5.71. The number of aliphatic hydroxyl groups is 1. The first-order valence-corrected chi connectivity index (χ1v) is 6.87. The third-order valence-electron chi connectivity index (χ3n) is 3.50. The molecule has 5 heteroatoms. The fourth-order valence-electron chi connectivity index (χ4n) is 2.30. The zero-order valence-electron chi connectivity index (χ0n) is 12.6. The molecule has 5 nitrogen and oxygen atoms in total. The molecule has 2 atom stereocenters. The molecule has 20 heavy (non-hydrogen) atoms. The van der Waals surface area contributed by atoms with Gasteiger partial charge in [-0.05, 0) is 58.3 Å². The van der Waals surface area contributed by atoms with E-state index in [1.165, 1.54) is 43.1 Å². The van der Waals surface area contributed by atoms with Crippen molar-refractivity contribution in [2.45, 2.75) is 45.8 Å². The first kappa shape index (κ1) is 16.6. The summed E-state index contributed by atoms with van der Waals surface area (Å²) in [5.74, 6) is -1.19. The zero-order chi connectivity index (χ0) is 15.3. The minimum absolute atomic E-state index is 0.599. The van der Waals surface area contributed by atoms with Crippen molar-refractivity contribution in [3.8, 4) is 0 Å². The Balaban J connectivity index is 0.000000286. The second-order valence-corrected chi connectivity index (χ2v) is 5.34. The van der Waals surface area contributed by atoms with Gasteiger partial charge in [0.1, 0.15) is 6.10 Å². The maximum Gasteiger partial charge on any atom is 0.332 e. The van der Waals surface area contributed by atoms with Gasteiger partial charge in [-0.3, -0.25) is 9.88 Å². The summed E-state index contributed by atoms with van der Waals surface area (Å²) in [6, 6.07) is 2.89. The number of likely N-dealkylation sites (tertiary alicyclic amines) is 1. The van der Waals surface area contributed by atoms with E-state index in [1.54, 1.807) is 0 Å². The molecular formula is C15H24N2O3. The lowest BCUT2D eigenvalue weighted by molar-refractivity contribution is -0.145. The fourth-order valence-corrected chi connectivity index (χ4v) is 2.30. The molecular weight excluding hydrogens is 256 g/mol. The summed E-state index contributed by atoms with van der Waals surface area (Å²) in [7, 11) is 2.21. The third kappa shape index (κ3) is 4.58. The van der Waals surface area contributed by atoms with Crippen LogP contribution in [0.4, 0.5) is 0 Å². The molecule has 2 rings (SSSR count). The zero-order valence-corrected chi connectivity index (χ0v) is 12.6. The van der Waals surface area contributed by atoms with Gasteiger partial charge in [0.25, 0.3) is 0 Å². The molecule has 1 fully saturated rings. The van der Waals surface area contributed by atoms with Gasteiger partial charge >= 0.3 is 5.97 Å². The molecule has 0 aliphatic carbocycles. The van der Waals surface area contributed by atoms with E-state index in [0.717, 1.165) is 0 Å². The quantitative estimate of drug-likeness (QED) is 0.865. The molecule has 0 amide bonds. The van der Waals surface area contributed by atoms with Crippen LogP contribution in [0.1, 0.15) is 42.6 Å². The molecule has 0 bridgehead atoms. The molecule has 0 radical (unpaired) electrons. The summed E-state index contributed by atoms with van der Waals surface area (Å²) >= 11 is 0. The number of carboxylic acids is 1. The highest BCUT2D eigenvalue weighted by Crippen LogP contribution is 2.31. The van der Waals surface area contributed by atoms with Crippen LogP contribution >= 0.6 is 0 Å². The van der Waals surface area contributed by atoms with Crippen molar-refractivity contribution in [2.75, 3.05) is 13.6 Å². The minimum Gasteiger partial charge on any atom is -0.479 e. The van der Waals surface area contributed by atoms with E-state index in [1.807, 2.05) is 6.20 Å². The smallest absolute Gasteiger partial charge is 0.332 e. The van der Waals surface area contributed by atoms with Crippen LogP contribution in [-0.2, 0) is 4.79 Å². The summed E-state index contributed by atoms with van der Waals surface area (Å²) in [6.45, 7) is 6.65. The Labute approximate surface area is 120 Å². The molecule has 1 aliphatic rings. The Morgan fingerprint density at radius 3 is 2.55 bits per heavy atom. The van der Waals surface area contributed by atoms with Gasteiger partial charge in [-0.15, -0.1) is 0 Å². The number of hydrogen-bond donors (Lipinski definition) is 2. The van der Waals surface area contributed by atoms with Crippen molar-refractivity contribution >= 4 is 5.97 Å². The summed E-state index contributed by atoms with van der Waals surface area (Å²) in [4.78, 5) is 16.3. The second kappa shape index (κ2) is 7.36. The number of aromatic nitrogens is 1. The molecule has 0 saturated carbocycles. The predicted molar refractivity (Wildman–Crippen MR) is 77.6 cm³/mol. The van der Waals surface area contributed by atoms with Crippen LogP contribution in [0.15, 0.2) is 12.3 Å². The normalized spacial score (nSPS) is 20.1. The number of carbonyl (C=O) groups is 1. The highest BCUT2D eigenvalue weighted by Gasteiger charge is 2.24. The molecule has 0 spiro atoms. The molecule has 1 aliphatic heterocycles. The minimum atomic E-state index is -1.23. The van der Waals surface area contributed by atoms with Crippen molar-refractivity contribution in [1.82, 2.24) is 9.88 Å². The van der Waals surface area contributed by atoms with Crippen LogP contribution in [0.5, 0.6) is 0 Å². The molecule has 0 aromatic carbocycles. The predicted octanol–water partition coefficient (Wildman–Crippen LogP) is 1.92. The number of rotatable bonds is 2. The van der Waals surface area contributed by atoms with E-state index in [0.29, 0.717) is 6.04 Å². The van der Waals surface area contributed by atoms with Gasteiger partial charge in [-0.2, -0.15) is 0 Å². The Kier molecular flexibility index (Phi) is 6.10. The van der Waals surface area contributed by atoms with Crippen molar-refractivity contribution < 1.29 is 15.0 Å². The number of nitrogens with zero attached hydrogens (tertiary/aromatic N) is 2. The largest absolute Gasteiger partial charge is 0.479 e.